The van der Waals surface area contributed by atoms with Crippen molar-refractivity contribution >= 4 is 0 Å². The topological polar surface area (TPSA) is 73.3 Å². The van der Waals surface area contributed by atoms with Crippen LogP contribution in [0.5, 0.6) is 11.5 Å². The molecule has 0 unspecified atom stereocenters. The number of hydrogen-bond acceptors (Lipinski definition) is 4. The average molecular weight is 290 g/mol. The van der Waals surface area contributed by atoms with Crippen LogP contribution in [-0.2, 0) is 6.54 Å². The number of nitrogens with zero attached hydrogens (tertiary/aromatic N) is 1. The van der Waals surface area contributed by atoms with Crippen molar-refractivity contribution in [2.24, 2.45) is 0 Å². The van der Waals surface area contributed by atoms with Gasteiger partial charge in [-0.2, -0.15) is 0 Å². The minimum absolute atomic E-state index is 0.0981. The summed E-state index contributed by atoms with van der Waals surface area (Å²) in [6, 6.07) is 5.93. The van der Waals surface area contributed by atoms with Gasteiger partial charge in [0.2, 0.25) is 5.75 Å². The lowest BCUT2D eigenvalue weighted by molar-refractivity contribution is 0.293. The van der Waals surface area contributed by atoms with Gasteiger partial charge in [0.1, 0.15) is 12.4 Å². The lowest BCUT2D eigenvalue weighted by Gasteiger charge is -2.10. The molecule has 0 fully saturated rings. The van der Waals surface area contributed by atoms with E-state index < -0.39 is 11.2 Å². The van der Waals surface area contributed by atoms with Gasteiger partial charge in [-0.25, -0.2) is 4.79 Å². The van der Waals surface area contributed by atoms with Crippen LogP contribution in [0.25, 0.3) is 0 Å². The maximum atomic E-state index is 11.7. The molecule has 0 aliphatic carbocycles. The molecule has 0 aliphatic heterocycles. The van der Waals surface area contributed by atoms with Crippen molar-refractivity contribution < 1.29 is 9.47 Å². The first-order chi connectivity index (χ1) is 9.99. The van der Waals surface area contributed by atoms with Crippen LogP contribution < -0.4 is 20.7 Å². The molecule has 2 aromatic rings. The van der Waals surface area contributed by atoms with Crippen LogP contribution >= 0.6 is 0 Å². The summed E-state index contributed by atoms with van der Waals surface area (Å²) < 4.78 is 11.9. The SMILES string of the molecule is COc1cn(CCOc2cc(C)cc(C)c2)c(=O)[nH]c1=O. The molecule has 1 heterocycles. The normalized spacial score (nSPS) is 10.4. The fourth-order valence-electron chi connectivity index (χ4n) is 2.08. The number of benzene rings is 1. The summed E-state index contributed by atoms with van der Waals surface area (Å²) in [5.74, 6) is 0.859. The van der Waals surface area contributed by atoms with Gasteiger partial charge in [-0.1, -0.05) is 6.07 Å². The van der Waals surface area contributed by atoms with Gasteiger partial charge < -0.3 is 9.47 Å². The van der Waals surface area contributed by atoms with Gasteiger partial charge >= 0.3 is 5.69 Å². The number of aromatic nitrogens is 2. The number of nitrogens with one attached hydrogen (secondary N) is 1. The molecule has 0 atom stereocenters. The highest BCUT2D eigenvalue weighted by atomic mass is 16.5. The minimum atomic E-state index is -0.533. The lowest BCUT2D eigenvalue weighted by Crippen LogP contribution is -2.31. The van der Waals surface area contributed by atoms with Gasteiger partial charge in [-0.15, -0.1) is 0 Å². The molecule has 2 rings (SSSR count). The second kappa shape index (κ2) is 6.30. The Morgan fingerprint density at radius 1 is 1.14 bits per heavy atom. The summed E-state index contributed by atoms with van der Waals surface area (Å²) in [6.07, 6.45) is 1.38. The average Bonchev–Trinajstić information content (AvgIpc) is 2.40. The molecule has 21 heavy (non-hydrogen) atoms. The number of ether oxygens (including phenoxy) is 2. The van der Waals surface area contributed by atoms with E-state index in [0.29, 0.717) is 13.2 Å². The van der Waals surface area contributed by atoms with E-state index >= 15 is 0 Å². The predicted molar refractivity (Wildman–Crippen MR) is 79.3 cm³/mol. The molecule has 0 amide bonds. The molecule has 6 heteroatoms. The van der Waals surface area contributed by atoms with E-state index in [1.807, 2.05) is 26.0 Å². The maximum absolute atomic E-state index is 11.7. The molecule has 6 nitrogen and oxygen atoms in total. The van der Waals surface area contributed by atoms with Crippen molar-refractivity contribution in [3.63, 3.8) is 0 Å². The molecule has 0 bridgehead atoms. The van der Waals surface area contributed by atoms with Crippen LogP contribution in [0.3, 0.4) is 0 Å². The quantitative estimate of drug-likeness (QED) is 0.899. The Kier molecular flexibility index (Phi) is 4.47. The van der Waals surface area contributed by atoms with E-state index in [1.165, 1.54) is 17.9 Å². The van der Waals surface area contributed by atoms with E-state index in [9.17, 15) is 9.59 Å². The van der Waals surface area contributed by atoms with Crippen molar-refractivity contribution in [1.29, 1.82) is 0 Å². The monoisotopic (exact) mass is 290 g/mol. The van der Waals surface area contributed by atoms with E-state index in [2.05, 4.69) is 11.1 Å². The second-order valence-corrected chi connectivity index (χ2v) is 4.82. The predicted octanol–water partition coefficient (Wildman–Crippen LogP) is 1.24. The molecule has 0 radical (unpaired) electrons. The van der Waals surface area contributed by atoms with Crippen molar-refractivity contribution in [3.05, 3.63) is 56.4 Å². The molecule has 1 N–H and O–H groups in total. The molecular weight excluding hydrogens is 272 g/mol. The highest BCUT2D eigenvalue weighted by Crippen LogP contribution is 2.16. The first kappa shape index (κ1) is 14.9. The summed E-state index contributed by atoms with van der Waals surface area (Å²) in [6.45, 7) is 4.63. The zero-order chi connectivity index (χ0) is 15.4. The molecule has 1 aromatic carbocycles. The molecule has 0 saturated heterocycles. The van der Waals surface area contributed by atoms with Crippen molar-refractivity contribution in [3.8, 4) is 11.5 Å². The minimum Gasteiger partial charge on any atom is -0.492 e. The third kappa shape index (κ3) is 3.75. The van der Waals surface area contributed by atoms with Crippen LogP contribution in [0.15, 0.2) is 34.0 Å². The molecular formula is C15H18N2O4. The van der Waals surface area contributed by atoms with E-state index in [0.717, 1.165) is 16.9 Å². The molecule has 112 valence electrons. The number of aryl methyl sites for hydroxylation is 2. The van der Waals surface area contributed by atoms with E-state index in [4.69, 9.17) is 9.47 Å². The van der Waals surface area contributed by atoms with Crippen LogP contribution in [-0.4, -0.2) is 23.3 Å². The third-order valence-electron chi connectivity index (χ3n) is 2.99. The zero-order valence-corrected chi connectivity index (χ0v) is 12.3. The summed E-state index contributed by atoms with van der Waals surface area (Å²) in [4.78, 5) is 25.2. The second-order valence-electron chi connectivity index (χ2n) is 4.82. The van der Waals surface area contributed by atoms with Crippen molar-refractivity contribution in [1.82, 2.24) is 9.55 Å². The Balaban J connectivity index is 2.07. The van der Waals surface area contributed by atoms with E-state index in [1.54, 1.807) is 0 Å². The zero-order valence-electron chi connectivity index (χ0n) is 12.3. The Morgan fingerprint density at radius 3 is 2.43 bits per heavy atom. The van der Waals surface area contributed by atoms with Gasteiger partial charge in [0.05, 0.1) is 19.9 Å². The van der Waals surface area contributed by atoms with Crippen molar-refractivity contribution in [2.75, 3.05) is 13.7 Å². The van der Waals surface area contributed by atoms with Gasteiger partial charge in [-0.3, -0.25) is 14.3 Å². The van der Waals surface area contributed by atoms with Gasteiger partial charge in [-0.05, 0) is 37.1 Å². The summed E-state index contributed by atoms with van der Waals surface area (Å²) in [5.41, 5.74) is 1.22. The summed E-state index contributed by atoms with van der Waals surface area (Å²) >= 11 is 0. The Hall–Kier alpha value is -2.50. The fourth-order valence-corrected chi connectivity index (χ4v) is 2.08. The van der Waals surface area contributed by atoms with Crippen LogP contribution in [0, 0.1) is 13.8 Å². The fraction of sp³-hybridized carbons (Fsp3) is 0.333. The smallest absolute Gasteiger partial charge is 0.328 e. The Labute approximate surface area is 122 Å². The maximum Gasteiger partial charge on any atom is 0.328 e. The largest absolute Gasteiger partial charge is 0.492 e. The highest BCUT2D eigenvalue weighted by Gasteiger charge is 2.05. The third-order valence-corrected chi connectivity index (χ3v) is 2.99. The van der Waals surface area contributed by atoms with Gasteiger partial charge in [0.25, 0.3) is 5.56 Å². The molecule has 0 spiro atoms. The number of rotatable bonds is 5. The Bertz CT molecular complexity index is 726. The number of aromatic amines is 1. The number of hydrogen-bond donors (Lipinski definition) is 1. The van der Waals surface area contributed by atoms with E-state index in [-0.39, 0.29) is 5.75 Å². The van der Waals surface area contributed by atoms with Crippen LogP contribution in [0.2, 0.25) is 0 Å². The van der Waals surface area contributed by atoms with Crippen molar-refractivity contribution in [2.45, 2.75) is 20.4 Å². The number of methoxy groups -OCH3 is 1. The molecule has 0 aliphatic rings. The van der Waals surface area contributed by atoms with Crippen LogP contribution in [0.1, 0.15) is 11.1 Å². The Morgan fingerprint density at radius 2 is 1.81 bits per heavy atom. The molecule has 0 saturated carbocycles. The van der Waals surface area contributed by atoms with Gasteiger partial charge in [0.15, 0.2) is 0 Å². The number of H-pyrrole nitrogens is 1. The molecule has 1 aromatic heterocycles. The highest BCUT2D eigenvalue weighted by molar-refractivity contribution is 5.32. The first-order valence-corrected chi connectivity index (χ1v) is 6.58. The summed E-state index contributed by atoms with van der Waals surface area (Å²) in [7, 11) is 1.38. The lowest BCUT2D eigenvalue weighted by atomic mass is 10.1. The first-order valence-electron chi connectivity index (χ1n) is 6.58. The summed E-state index contributed by atoms with van der Waals surface area (Å²) in [5, 5.41) is 0. The van der Waals surface area contributed by atoms with Crippen LogP contribution in [0.4, 0.5) is 0 Å². The standard InChI is InChI=1S/C15H18N2O4/c1-10-6-11(2)8-12(7-10)21-5-4-17-9-13(20-3)14(18)16-15(17)19/h6-9H,4-5H2,1-3H3,(H,16,18,19). The van der Waals surface area contributed by atoms with Gasteiger partial charge in [0, 0.05) is 0 Å².